The van der Waals surface area contributed by atoms with E-state index >= 15 is 0 Å². The molecule has 0 radical (unpaired) electrons. The van der Waals surface area contributed by atoms with Crippen molar-refractivity contribution < 1.29 is 9.53 Å². The van der Waals surface area contributed by atoms with Crippen molar-refractivity contribution in [1.82, 2.24) is 0 Å². The fourth-order valence-corrected chi connectivity index (χ4v) is 2.47. The van der Waals surface area contributed by atoms with E-state index in [1.54, 1.807) is 6.07 Å². The molecule has 1 heterocycles. The molecule has 1 saturated heterocycles. The van der Waals surface area contributed by atoms with Crippen molar-refractivity contribution in [2.75, 3.05) is 18.5 Å². The van der Waals surface area contributed by atoms with Gasteiger partial charge < -0.3 is 15.8 Å². The minimum Gasteiger partial charge on any atom is -0.379 e. The number of aryl methyl sites for hydroxylation is 1. The molecule has 0 aromatic heterocycles. The summed E-state index contributed by atoms with van der Waals surface area (Å²) in [6.07, 6.45) is 0.524. The fraction of sp³-hybridized carbons (Fsp3) is 0.417. The molecule has 2 rings (SSSR count). The van der Waals surface area contributed by atoms with Crippen molar-refractivity contribution in [3.05, 3.63) is 27.2 Å². The van der Waals surface area contributed by atoms with Crippen LogP contribution in [-0.4, -0.2) is 24.7 Å². The number of carbonyl (C=O) groups excluding carboxylic acids is 1. The van der Waals surface area contributed by atoms with Crippen LogP contribution in [0, 0.1) is 6.92 Å². The molecule has 0 aliphatic carbocycles. The highest BCUT2D eigenvalue weighted by Gasteiger charge is 2.38. The predicted octanol–water partition coefficient (Wildman–Crippen LogP) is 2.47. The monoisotopic (exact) mass is 332 g/mol. The number of amides is 1. The van der Waals surface area contributed by atoms with Gasteiger partial charge in [0, 0.05) is 16.1 Å². The third kappa shape index (κ3) is 2.69. The third-order valence-corrected chi connectivity index (χ3v) is 4.06. The van der Waals surface area contributed by atoms with Gasteiger partial charge >= 0.3 is 0 Å². The molecule has 4 nitrogen and oxygen atoms in total. The van der Waals surface area contributed by atoms with Gasteiger partial charge in [-0.25, -0.2) is 0 Å². The fourth-order valence-electron chi connectivity index (χ4n) is 1.75. The van der Waals surface area contributed by atoms with Gasteiger partial charge in [-0.05, 0) is 47.0 Å². The predicted molar refractivity (Wildman–Crippen MR) is 74.9 cm³/mol. The Hall–Kier alpha value is -0.620. The highest BCUT2D eigenvalue weighted by Crippen LogP contribution is 2.30. The Balaban J connectivity index is 2.19. The van der Waals surface area contributed by atoms with E-state index in [0.717, 1.165) is 10.0 Å². The van der Waals surface area contributed by atoms with Gasteiger partial charge in [0.1, 0.15) is 5.54 Å². The van der Waals surface area contributed by atoms with Gasteiger partial charge in [-0.3, -0.25) is 4.79 Å². The molecule has 1 fully saturated rings. The van der Waals surface area contributed by atoms with Crippen LogP contribution in [0.1, 0.15) is 12.0 Å². The molecular formula is C12H14BrClN2O2. The van der Waals surface area contributed by atoms with Crippen molar-refractivity contribution in [3.8, 4) is 0 Å². The summed E-state index contributed by atoms with van der Waals surface area (Å²) in [4.78, 5) is 12.1. The molecule has 6 heteroatoms. The second-order valence-electron chi connectivity index (χ2n) is 4.49. The number of ether oxygens (including phenoxy) is 1. The molecule has 0 spiro atoms. The summed E-state index contributed by atoms with van der Waals surface area (Å²) in [5, 5.41) is 3.38. The van der Waals surface area contributed by atoms with Gasteiger partial charge in [-0.15, -0.1) is 0 Å². The van der Waals surface area contributed by atoms with Crippen molar-refractivity contribution >= 4 is 39.1 Å². The molecular weight excluding hydrogens is 320 g/mol. The average Bonchev–Trinajstić information content (AvgIpc) is 2.74. The summed E-state index contributed by atoms with van der Waals surface area (Å²) in [5.41, 5.74) is 6.59. The van der Waals surface area contributed by atoms with E-state index in [0.29, 0.717) is 23.7 Å². The SMILES string of the molecule is Cc1cc(Br)c(NC(=O)C2(N)CCOC2)cc1Cl. The van der Waals surface area contributed by atoms with E-state index in [4.69, 9.17) is 22.1 Å². The second kappa shape index (κ2) is 5.17. The van der Waals surface area contributed by atoms with Crippen molar-refractivity contribution in [2.24, 2.45) is 5.73 Å². The standard InChI is InChI=1S/C12H14BrClN2O2/c1-7-4-8(13)10(5-9(7)14)16-11(17)12(15)2-3-18-6-12/h4-5H,2-3,6,15H2,1H3,(H,16,17). The smallest absolute Gasteiger partial charge is 0.246 e. The van der Waals surface area contributed by atoms with E-state index in [9.17, 15) is 4.79 Å². The number of hydrogen-bond donors (Lipinski definition) is 2. The number of anilines is 1. The number of carbonyl (C=O) groups is 1. The molecule has 1 aliphatic heterocycles. The molecule has 1 unspecified atom stereocenters. The topological polar surface area (TPSA) is 64.4 Å². The van der Waals surface area contributed by atoms with E-state index < -0.39 is 5.54 Å². The summed E-state index contributed by atoms with van der Waals surface area (Å²) >= 11 is 9.43. The quantitative estimate of drug-likeness (QED) is 0.874. The molecule has 98 valence electrons. The molecule has 1 aromatic rings. The minimum absolute atomic E-state index is 0.246. The Morgan fingerprint density at radius 2 is 2.33 bits per heavy atom. The number of nitrogens with one attached hydrogen (secondary N) is 1. The summed E-state index contributed by atoms with van der Waals surface area (Å²) in [7, 11) is 0. The van der Waals surface area contributed by atoms with Crippen molar-refractivity contribution in [1.29, 1.82) is 0 Å². The zero-order valence-electron chi connectivity index (χ0n) is 9.93. The molecule has 0 bridgehead atoms. The zero-order valence-corrected chi connectivity index (χ0v) is 12.3. The van der Waals surface area contributed by atoms with Crippen LogP contribution in [0.3, 0.4) is 0 Å². The Morgan fingerprint density at radius 3 is 2.94 bits per heavy atom. The van der Waals surface area contributed by atoms with Crippen LogP contribution in [0.2, 0.25) is 5.02 Å². The highest BCUT2D eigenvalue weighted by molar-refractivity contribution is 9.10. The average molecular weight is 334 g/mol. The molecule has 1 aromatic carbocycles. The first-order valence-corrected chi connectivity index (χ1v) is 6.73. The lowest BCUT2D eigenvalue weighted by molar-refractivity contribution is -0.121. The summed E-state index contributed by atoms with van der Waals surface area (Å²) < 4.78 is 5.95. The minimum atomic E-state index is -0.948. The van der Waals surface area contributed by atoms with Crippen molar-refractivity contribution in [2.45, 2.75) is 18.9 Å². The molecule has 0 saturated carbocycles. The number of benzene rings is 1. The van der Waals surface area contributed by atoms with E-state index in [2.05, 4.69) is 21.2 Å². The lowest BCUT2D eigenvalue weighted by Gasteiger charge is -2.21. The van der Waals surface area contributed by atoms with E-state index in [1.807, 2.05) is 13.0 Å². The van der Waals surface area contributed by atoms with Crippen LogP contribution >= 0.6 is 27.5 Å². The normalized spacial score (nSPS) is 23.1. The summed E-state index contributed by atoms with van der Waals surface area (Å²) in [6, 6.07) is 3.56. The van der Waals surface area contributed by atoms with Gasteiger partial charge in [-0.1, -0.05) is 11.6 Å². The molecule has 1 atom stereocenters. The molecule has 3 N–H and O–H groups in total. The maximum atomic E-state index is 12.1. The van der Waals surface area contributed by atoms with Crippen LogP contribution in [0.25, 0.3) is 0 Å². The van der Waals surface area contributed by atoms with Gasteiger partial charge in [0.15, 0.2) is 0 Å². The molecule has 1 amide bonds. The molecule has 1 aliphatic rings. The largest absolute Gasteiger partial charge is 0.379 e. The zero-order chi connectivity index (χ0) is 13.3. The summed E-state index contributed by atoms with van der Waals surface area (Å²) in [5.74, 6) is -0.249. The van der Waals surface area contributed by atoms with Gasteiger partial charge in [0.05, 0.1) is 12.3 Å². The molecule has 18 heavy (non-hydrogen) atoms. The number of rotatable bonds is 2. The van der Waals surface area contributed by atoms with E-state index in [1.165, 1.54) is 0 Å². The second-order valence-corrected chi connectivity index (χ2v) is 5.76. The van der Waals surface area contributed by atoms with Crippen LogP contribution in [0.4, 0.5) is 5.69 Å². The Morgan fingerprint density at radius 1 is 1.61 bits per heavy atom. The Labute approximate surface area is 119 Å². The number of hydrogen-bond acceptors (Lipinski definition) is 3. The lowest BCUT2D eigenvalue weighted by Crippen LogP contribution is -2.51. The van der Waals surface area contributed by atoms with Gasteiger partial charge in [0.25, 0.3) is 0 Å². The first-order chi connectivity index (χ1) is 8.42. The van der Waals surface area contributed by atoms with E-state index in [-0.39, 0.29) is 12.5 Å². The first kappa shape index (κ1) is 13.8. The number of nitrogens with two attached hydrogens (primary N) is 1. The van der Waals surface area contributed by atoms with Crippen LogP contribution in [0.5, 0.6) is 0 Å². The van der Waals surface area contributed by atoms with Crippen LogP contribution in [0.15, 0.2) is 16.6 Å². The first-order valence-electron chi connectivity index (χ1n) is 5.56. The maximum absolute atomic E-state index is 12.1. The Kier molecular flexibility index (Phi) is 3.96. The number of halogens is 2. The van der Waals surface area contributed by atoms with Crippen molar-refractivity contribution in [3.63, 3.8) is 0 Å². The highest BCUT2D eigenvalue weighted by atomic mass is 79.9. The third-order valence-electron chi connectivity index (χ3n) is 3.00. The van der Waals surface area contributed by atoms with Crippen LogP contribution in [-0.2, 0) is 9.53 Å². The maximum Gasteiger partial charge on any atom is 0.246 e. The van der Waals surface area contributed by atoms with Gasteiger partial charge in [-0.2, -0.15) is 0 Å². The van der Waals surface area contributed by atoms with Gasteiger partial charge in [0.2, 0.25) is 5.91 Å². The summed E-state index contributed by atoms with van der Waals surface area (Å²) in [6.45, 7) is 2.66. The lowest BCUT2D eigenvalue weighted by atomic mass is 9.99. The Bertz CT molecular complexity index is 487. The van der Waals surface area contributed by atoms with Crippen LogP contribution < -0.4 is 11.1 Å².